The Morgan fingerprint density at radius 1 is 0.933 bits per heavy atom. The van der Waals surface area contributed by atoms with Gasteiger partial charge >= 0.3 is 0 Å². The van der Waals surface area contributed by atoms with Gasteiger partial charge in [0.05, 0.1) is 17.1 Å². The smallest absolute Gasteiger partial charge is 0.129 e. The second kappa shape index (κ2) is 8.27. The van der Waals surface area contributed by atoms with E-state index in [-0.39, 0.29) is 0 Å². The van der Waals surface area contributed by atoms with Gasteiger partial charge in [0.2, 0.25) is 0 Å². The molecule has 0 radical (unpaired) electrons. The molecule has 2 aromatic heterocycles. The minimum Gasteiger partial charge on any atom is -0.354 e. The Balaban J connectivity index is 1.32. The Hall–Kier alpha value is -3.20. The van der Waals surface area contributed by atoms with Crippen LogP contribution in [0.5, 0.6) is 0 Å². The molecule has 1 fully saturated rings. The average molecular weight is 411 g/mol. The van der Waals surface area contributed by atoms with E-state index in [2.05, 4.69) is 69.8 Å². The zero-order valence-electron chi connectivity index (χ0n) is 16.7. The molecular weight excluding hydrogens is 388 g/mol. The molecule has 1 aliphatic heterocycles. The molecule has 1 aliphatic rings. The predicted octanol–water partition coefficient (Wildman–Crippen LogP) is 5.16. The summed E-state index contributed by atoms with van der Waals surface area (Å²) in [5, 5.41) is 12.4. The van der Waals surface area contributed by atoms with Gasteiger partial charge in [-0.2, -0.15) is 5.26 Å². The van der Waals surface area contributed by atoms with E-state index in [9.17, 15) is 0 Å². The lowest BCUT2D eigenvalue weighted by Gasteiger charge is -2.35. The minimum absolute atomic E-state index is 0.730. The third-order valence-electron chi connectivity index (χ3n) is 5.65. The van der Waals surface area contributed by atoms with Crippen LogP contribution >= 0.6 is 11.3 Å². The van der Waals surface area contributed by atoms with E-state index in [4.69, 9.17) is 10.2 Å². The summed E-state index contributed by atoms with van der Waals surface area (Å²) >= 11 is 1.76. The Morgan fingerprint density at radius 3 is 2.60 bits per heavy atom. The summed E-state index contributed by atoms with van der Waals surface area (Å²) in [7, 11) is 0. The number of benzene rings is 2. The highest BCUT2D eigenvalue weighted by Crippen LogP contribution is 2.32. The molecule has 30 heavy (non-hydrogen) atoms. The number of nitriles is 1. The first-order chi connectivity index (χ1) is 14.8. The van der Waals surface area contributed by atoms with Gasteiger partial charge in [0.15, 0.2) is 0 Å². The van der Waals surface area contributed by atoms with Gasteiger partial charge in [0, 0.05) is 48.6 Å². The molecule has 0 N–H and O–H groups in total. The second-order valence-corrected chi connectivity index (χ2v) is 8.55. The number of pyridine rings is 1. The number of para-hydroxylation sites is 1. The Labute approximate surface area is 180 Å². The van der Waals surface area contributed by atoms with E-state index in [0.717, 1.165) is 49.6 Å². The fourth-order valence-corrected chi connectivity index (χ4v) is 4.83. The fourth-order valence-electron chi connectivity index (χ4n) is 4.08. The molecular formula is C25H22N4S. The Morgan fingerprint density at radius 2 is 1.80 bits per heavy atom. The van der Waals surface area contributed by atoms with Crippen LogP contribution in [0.4, 0.5) is 5.82 Å². The molecule has 0 spiro atoms. The number of rotatable bonds is 4. The van der Waals surface area contributed by atoms with Crippen molar-refractivity contribution in [1.82, 2.24) is 9.88 Å². The first-order valence-corrected chi connectivity index (χ1v) is 11.1. The number of hydrogen-bond acceptors (Lipinski definition) is 5. The van der Waals surface area contributed by atoms with Crippen LogP contribution in [0.2, 0.25) is 0 Å². The van der Waals surface area contributed by atoms with Crippen LogP contribution in [-0.2, 0) is 6.54 Å². The van der Waals surface area contributed by atoms with Crippen LogP contribution in [0.1, 0.15) is 11.1 Å². The van der Waals surface area contributed by atoms with Crippen LogP contribution < -0.4 is 4.90 Å². The number of piperazine rings is 1. The van der Waals surface area contributed by atoms with E-state index in [1.165, 1.54) is 21.4 Å². The first kappa shape index (κ1) is 18.8. The third kappa shape index (κ3) is 3.80. The number of aromatic nitrogens is 1. The lowest BCUT2D eigenvalue weighted by atomic mass is 10.1. The van der Waals surface area contributed by atoms with Crippen molar-refractivity contribution >= 4 is 28.1 Å². The summed E-state index contributed by atoms with van der Waals surface area (Å²) in [5.74, 6) is 1.05. The first-order valence-electron chi connectivity index (χ1n) is 10.2. The van der Waals surface area contributed by atoms with Crippen LogP contribution in [-0.4, -0.2) is 36.1 Å². The van der Waals surface area contributed by atoms with Gasteiger partial charge < -0.3 is 4.90 Å². The lowest BCUT2D eigenvalue weighted by molar-refractivity contribution is 0.249. The van der Waals surface area contributed by atoms with Crippen molar-refractivity contribution < 1.29 is 0 Å². The van der Waals surface area contributed by atoms with E-state index in [1.54, 1.807) is 11.3 Å². The maximum absolute atomic E-state index is 9.11. The van der Waals surface area contributed by atoms with Gasteiger partial charge in [-0.15, -0.1) is 11.3 Å². The fraction of sp³-hybridized carbons (Fsp3) is 0.200. The molecule has 0 bridgehead atoms. The van der Waals surface area contributed by atoms with Gasteiger partial charge in [-0.05, 0) is 41.3 Å². The van der Waals surface area contributed by atoms with Crippen molar-refractivity contribution in [2.24, 2.45) is 0 Å². The van der Waals surface area contributed by atoms with Crippen molar-refractivity contribution in [3.8, 4) is 16.5 Å². The molecule has 2 aromatic carbocycles. The van der Waals surface area contributed by atoms with Gasteiger partial charge in [0.25, 0.3) is 0 Å². The van der Waals surface area contributed by atoms with Crippen molar-refractivity contribution in [1.29, 1.82) is 5.26 Å². The van der Waals surface area contributed by atoms with E-state index < -0.39 is 0 Å². The van der Waals surface area contributed by atoms with Crippen LogP contribution in [0.15, 0.2) is 72.1 Å². The van der Waals surface area contributed by atoms with Crippen LogP contribution in [0, 0.1) is 11.3 Å². The number of hydrogen-bond donors (Lipinski definition) is 0. The zero-order chi connectivity index (χ0) is 20.3. The van der Waals surface area contributed by atoms with Crippen molar-refractivity contribution in [3.63, 3.8) is 0 Å². The predicted molar refractivity (Wildman–Crippen MR) is 124 cm³/mol. The molecule has 4 nitrogen and oxygen atoms in total. The Bertz CT molecular complexity index is 1200. The summed E-state index contributed by atoms with van der Waals surface area (Å²) in [6.07, 6.45) is 0. The molecule has 0 aliphatic carbocycles. The molecule has 4 aromatic rings. The lowest BCUT2D eigenvalue weighted by Crippen LogP contribution is -2.46. The molecule has 5 rings (SSSR count). The molecule has 0 atom stereocenters. The summed E-state index contributed by atoms with van der Waals surface area (Å²) < 4.78 is 0. The largest absolute Gasteiger partial charge is 0.354 e. The third-order valence-corrected chi connectivity index (χ3v) is 6.55. The van der Waals surface area contributed by atoms with Gasteiger partial charge in [0.1, 0.15) is 5.82 Å². The SMILES string of the molecule is N#Cc1cccc(CN2CCN(c3ccc4cccc(-c5cccs5)c4n3)CC2)c1. The van der Waals surface area contributed by atoms with Crippen LogP contribution in [0.25, 0.3) is 21.3 Å². The maximum Gasteiger partial charge on any atom is 0.129 e. The molecule has 1 saturated heterocycles. The normalized spacial score (nSPS) is 14.7. The highest BCUT2D eigenvalue weighted by Gasteiger charge is 2.19. The minimum atomic E-state index is 0.730. The van der Waals surface area contributed by atoms with Crippen LogP contribution in [0.3, 0.4) is 0 Å². The van der Waals surface area contributed by atoms with Crippen molar-refractivity contribution in [2.75, 3.05) is 31.1 Å². The van der Waals surface area contributed by atoms with Gasteiger partial charge in [-0.3, -0.25) is 4.90 Å². The number of nitrogens with zero attached hydrogens (tertiary/aromatic N) is 4. The number of fused-ring (bicyclic) bond motifs is 1. The zero-order valence-corrected chi connectivity index (χ0v) is 17.5. The molecule has 0 saturated carbocycles. The maximum atomic E-state index is 9.11. The molecule has 3 heterocycles. The molecule has 0 amide bonds. The number of thiophene rings is 1. The molecule has 5 heteroatoms. The topological polar surface area (TPSA) is 43.2 Å². The van der Waals surface area contributed by atoms with E-state index in [0.29, 0.717) is 0 Å². The van der Waals surface area contributed by atoms with E-state index >= 15 is 0 Å². The highest BCUT2D eigenvalue weighted by molar-refractivity contribution is 7.13. The highest BCUT2D eigenvalue weighted by atomic mass is 32.1. The summed E-state index contributed by atoms with van der Waals surface area (Å²) in [6, 6.07) is 25.1. The molecule has 0 unspecified atom stereocenters. The Kier molecular flexibility index (Phi) is 5.18. The van der Waals surface area contributed by atoms with Gasteiger partial charge in [-0.1, -0.05) is 36.4 Å². The van der Waals surface area contributed by atoms with Gasteiger partial charge in [-0.25, -0.2) is 4.98 Å². The summed E-state index contributed by atoms with van der Waals surface area (Å²) in [4.78, 5) is 11.2. The standard InChI is InChI=1S/C25H22N4S/c26-17-19-4-1-5-20(16-19)18-28-11-13-29(14-12-28)24-10-9-21-6-2-7-22(25(21)27-24)23-8-3-15-30-23/h1-10,15-16H,11-14,18H2. The molecule has 148 valence electrons. The van der Waals surface area contributed by atoms with E-state index in [1.807, 2.05) is 18.2 Å². The summed E-state index contributed by atoms with van der Waals surface area (Å²) in [6.45, 7) is 4.78. The van der Waals surface area contributed by atoms with Crippen molar-refractivity contribution in [2.45, 2.75) is 6.54 Å². The number of anilines is 1. The monoisotopic (exact) mass is 410 g/mol. The quantitative estimate of drug-likeness (QED) is 0.466. The second-order valence-electron chi connectivity index (χ2n) is 7.60. The summed E-state index contributed by atoms with van der Waals surface area (Å²) in [5.41, 5.74) is 4.22. The average Bonchev–Trinajstić information content (AvgIpc) is 3.34. The van der Waals surface area contributed by atoms with Crippen molar-refractivity contribution in [3.05, 3.63) is 83.2 Å².